The number of ketones is 1. The number of cyclic esters (lactones) is 1. The van der Waals surface area contributed by atoms with Crippen LogP contribution in [0.2, 0.25) is 0 Å². The summed E-state index contributed by atoms with van der Waals surface area (Å²) in [4.78, 5) is 39.0. The van der Waals surface area contributed by atoms with E-state index < -0.39 is 35.2 Å². The highest BCUT2D eigenvalue weighted by molar-refractivity contribution is 9.10. The van der Waals surface area contributed by atoms with Gasteiger partial charge in [-0.15, -0.1) is 0 Å². The van der Waals surface area contributed by atoms with Crippen LogP contribution in [0.5, 0.6) is 0 Å². The first-order valence-electron chi connectivity index (χ1n) is 10.1. The average molecular weight is 472 g/mol. The van der Waals surface area contributed by atoms with Crippen LogP contribution >= 0.6 is 15.9 Å². The van der Waals surface area contributed by atoms with Gasteiger partial charge in [-0.3, -0.25) is 14.4 Å². The standard InChI is InChI=1S/C24H26BrNO4/c1-4-18(21(27)16-10-12-17(25)13-11-16)20-19(23(29)30-24(20,2)3)22(28)26-14-15-8-6-5-7-9-15/h5-13,18-20H,4,14H2,1-3H3,(H,26,28). The molecule has 1 amide bonds. The first-order valence-corrected chi connectivity index (χ1v) is 10.9. The van der Waals surface area contributed by atoms with Crippen molar-refractivity contribution in [2.24, 2.45) is 17.8 Å². The summed E-state index contributed by atoms with van der Waals surface area (Å²) in [6.07, 6.45) is 0.502. The van der Waals surface area contributed by atoms with Crippen molar-refractivity contribution in [1.29, 1.82) is 0 Å². The van der Waals surface area contributed by atoms with Crippen LogP contribution in [-0.4, -0.2) is 23.3 Å². The monoisotopic (exact) mass is 471 g/mol. The van der Waals surface area contributed by atoms with Gasteiger partial charge in [0.05, 0.1) is 0 Å². The third kappa shape index (κ3) is 4.64. The minimum Gasteiger partial charge on any atom is -0.459 e. The molecule has 1 heterocycles. The number of carbonyl (C=O) groups excluding carboxylic acids is 3. The summed E-state index contributed by atoms with van der Waals surface area (Å²) in [5.74, 6) is -3.14. The highest BCUT2D eigenvalue weighted by atomic mass is 79.9. The van der Waals surface area contributed by atoms with Gasteiger partial charge in [-0.1, -0.05) is 65.3 Å². The van der Waals surface area contributed by atoms with Crippen LogP contribution in [0.3, 0.4) is 0 Å². The summed E-state index contributed by atoms with van der Waals surface area (Å²) in [6.45, 7) is 5.77. The van der Waals surface area contributed by atoms with Crippen molar-refractivity contribution in [3.8, 4) is 0 Å². The lowest BCUT2D eigenvalue weighted by Crippen LogP contribution is -2.44. The van der Waals surface area contributed by atoms with Crippen LogP contribution in [0.1, 0.15) is 43.1 Å². The number of benzene rings is 2. The Morgan fingerprint density at radius 2 is 1.73 bits per heavy atom. The molecule has 30 heavy (non-hydrogen) atoms. The summed E-state index contributed by atoms with van der Waals surface area (Å²) in [5, 5.41) is 2.85. The second-order valence-electron chi connectivity index (χ2n) is 8.12. The molecule has 3 unspecified atom stereocenters. The Morgan fingerprint density at radius 1 is 1.10 bits per heavy atom. The quantitative estimate of drug-likeness (QED) is 0.365. The Hall–Kier alpha value is -2.47. The van der Waals surface area contributed by atoms with E-state index >= 15 is 0 Å². The first-order chi connectivity index (χ1) is 14.2. The second-order valence-corrected chi connectivity index (χ2v) is 9.03. The lowest BCUT2D eigenvalue weighted by molar-refractivity contribution is -0.150. The molecule has 5 nitrogen and oxygen atoms in total. The molecule has 0 bridgehead atoms. The van der Waals surface area contributed by atoms with Gasteiger partial charge in [0.1, 0.15) is 11.5 Å². The lowest BCUT2D eigenvalue weighted by Gasteiger charge is -2.32. The molecule has 3 rings (SSSR count). The molecule has 0 radical (unpaired) electrons. The van der Waals surface area contributed by atoms with Gasteiger partial charge in [0.25, 0.3) is 0 Å². The summed E-state index contributed by atoms with van der Waals surface area (Å²) in [6, 6.07) is 16.6. The molecule has 0 aromatic heterocycles. The molecule has 1 aliphatic heterocycles. The molecule has 158 valence electrons. The van der Waals surface area contributed by atoms with Crippen LogP contribution in [-0.2, 0) is 20.9 Å². The smallest absolute Gasteiger partial charge is 0.319 e. The molecule has 2 aromatic rings. The van der Waals surface area contributed by atoms with Gasteiger partial charge in [-0.05, 0) is 38.0 Å². The minimum atomic E-state index is -1.02. The number of hydrogen-bond donors (Lipinski definition) is 1. The molecule has 1 N–H and O–H groups in total. The fraction of sp³-hybridized carbons (Fsp3) is 0.375. The Bertz CT molecular complexity index is 924. The average Bonchev–Trinajstić information content (AvgIpc) is 2.96. The van der Waals surface area contributed by atoms with E-state index in [9.17, 15) is 14.4 Å². The third-order valence-electron chi connectivity index (χ3n) is 5.71. The van der Waals surface area contributed by atoms with Crippen LogP contribution in [0, 0.1) is 17.8 Å². The van der Waals surface area contributed by atoms with Crippen molar-refractivity contribution >= 4 is 33.6 Å². The molecule has 1 fully saturated rings. The number of amides is 1. The van der Waals surface area contributed by atoms with E-state index in [1.54, 1.807) is 26.0 Å². The van der Waals surface area contributed by atoms with Crippen LogP contribution in [0.15, 0.2) is 59.1 Å². The van der Waals surface area contributed by atoms with Gasteiger partial charge in [0.2, 0.25) is 5.91 Å². The normalized spacial score (nSPS) is 21.0. The molecular weight excluding hydrogens is 446 g/mol. The highest BCUT2D eigenvalue weighted by Crippen LogP contribution is 2.44. The Morgan fingerprint density at radius 3 is 2.33 bits per heavy atom. The zero-order valence-electron chi connectivity index (χ0n) is 17.4. The van der Waals surface area contributed by atoms with Gasteiger partial charge in [-0.25, -0.2) is 0 Å². The van der Waals surface area contributed by atoms with E-state index in [1.165, 1.54) is 0 Å². The van der Waals surface area contributed by atoms with Crippen LogP contribution < -0.4 is 5.32 Å². The van der Waals surface area contributed by atoms with Gasteiger partial charge < -0.3 is 10.1 Å². The predicted octanol–water partition coefficient (Wildman–Crippen LogP) is 4.54. The molecule has 1 aliphatic rings. The Labute approximate surface area is 185 Å². The van der Waals surface area contributed by atoms with Crippen LogP contribution in [0.4, 0.5) is 0 Å². The number of esters is 1. The lowest BCUT2D eigenvalue weighted by atomic mass is 9.70. The molecular formula is C24H26BrNO4. The SMILES string of the molecule is CCC(C(=O)c1ccc(Br)cc1)C1C(C(=O)NCc2ccccc2)C(=O)OC1(C)C. The van der Waals surface area contributed by atoms with Gasteiger partial charge in [0, 0.05) is 28.4 Å². The maximum absolute atomic E-state index is 13.3. The third-order valence-corrected chi connectivity index (χ3v) is 6.24. The molecule has 6 heteroatoms. The number of rotatable bonds is 7. The largest absolute Gasteiger partial charge is 0.459 e. The summed E-state index contributed by atoms with van der Waals surface area (Å²) < 4.78 is 6.46. The fourth-order valence-corrected chi connectivity index (χ4v) is 4.52. The predicted molar refractivity (Wildman–Crippen MR) is 118 cm³/mol. The van der Waals surface area contributed by atoms with Crippen molar-refractivity contribution in [2.75, 3.05) is 0 Å². The summed E-state index contributed by atoms with van der Waals surface area (Å²) in [7, 11) is 0. The molecule has 3 atom stereocenters. The molecule has 0 saturated carbocycles. The van der Waals surface area contributed by atoms with Gasteiger partial charge in [-0.2, -0.15) is 0 Å². The topological polar surface area (TPSA) is 72.5 Å². The van der Waals surface area contributed by atoms with E-state index in [1.807, 2.05) is 49.4 Å². The van der Waals surface area contributed by atoms with Crippen LogP contribution in [0.25, 0.3) is 0 Å². The van der Waals surface area contributed by atoms with Crippen molar-refractivity contribution in [3.63, 3.8) is 0 Å². The van der Waals surface area contributed by atoms with Crippen molar-refractivity contribution in [2.45, 2.75) is 39.3 Å². The van der Waals surface area contributed by atoms with Crippen molar-refractivity contribution in [1.82, 2.24) is 5.32 Å². The van der Waals surface area contributed by atoms with E-state index in [2.05, 4.69) is 21.2 Å². The van der Waals surface area contributed by atoms with E-state index in [0.29, 0.717) is 18.5 Å². The molecule has 2 aromatic carbocycles. The van der Waals surface area contributed by atoms with Gasteiger partial charge >= 0.3 is 5.97 Å². The number of hydrogen-bond acceptors (Lipinski definition) is 4. The van der Waals surface area contributed by atoms with E-state index in [-0.39, 0.29) is 5.78 Å². The number of nitrogens with one attached hydrogen (secondary N) is 1. The zero-order valence-corrected chi connectivity index (χ0v) is 18.9. The Kier molecular flexibility index (Phi) is 6.76. The Balaban J connectivity index is 1.85. The minimum absolute atomic E-state index is 0.0813. The number of halogens is 1. The maximum atomic E-state index is 13.3. The molecule has 1 saturated heterocycles. The summed E-state index contributed by atoms with van der Waals surface area (Å²) >= 11 is 3.38. The fourth-order valence-electron chi connectivity index (χ4n) is 4.25. The molecule has 0 spiro atoms. The van der Waals surface area contributed by atoms with Crippen molar-refractivity contribution in [3.05, 3.63) is 70.2 Å². The zero-order chi connectivity index (χ0) is 21.9. The second kappa shape index (κ2) is 9.13. The van der Waals surface area contributed by atoms with E-state index in [0.717, 1.165) is 10.0 Å². The maximum Gasteiger partial charge on any atom is 0.319 e. The van der Waals surface area contributed by atoms with Crippen molar-refractivity contribution < 1.29 is 19.1 Å². The van der Waals surface area contributed by atoms with E-state index in [4.69, 9.17) is 4.74 Å². The molecule has 0 aliphatic carbocycles. The number of ether oxygens (including phenoxy) is 1. The first kappa shape index (κ1) is 22.2. The van der Waals surface area contributed by atoms with Gasteiger partial charge in [0.15, 0.2) is 5.78 Å². The number of Topliss-reactive ketones (excluding diaryl/α,β-unsaturated/α-hetero) is 1. The number of carbonyl (C=O) groups is 3. The highest BCUT2D eigenvalue weighted by Gasteiger charge is 2.57. The summed E-state index contributed by atoms with van der Waals surface area (Å²) in [5.41, 5.74) is 0.576.